The zero-order chi connectivity index (χ0) is 15.8. The monoisotopic (exact) mass is 332 g/mol. The smallest absolute Gasteiger partial charge is 0.177 e. The second-order valence-corrected chi connectivity index (χ2v) is 9.50. The van der Waals surface area contributed by atoms with Crippen molar-refractivity contribution >= 4 is 25.4 Å². The van der Waals surface area contributed by atoms with Crippen LogP contribution in [-0.2, 0) is 19.7 Å². The van der Waals surface area contributed by atoms with Crippen molar-refractivity contribution in [2.75, 3.05) is 30.5 Å². The van der Waals surface area contributed by atoms with Crippen molar-refractivity contribution in [3.05, 3.63) is 18.2 Å². The molecule has 0 spiro atoms. The van der Waals surface area contributed by atoms with E-state index in [0.717, 1.165) is 25.4 Å². The van der Waals surface area contributed by atoms with Gasteiger partial charge in [0.1, 0.15) is 0 Å². The molecule has 1 heterocycles. The summed E-state index contributed by atoms with van der Waals surface area (Å²) in [4.78, 5) is 2.02. The molecule has 0 aromatic heterocycles. The van der Waals surface area contributed by atoms with Gasteiger partial charge in [-0.05, 0) is 31.0 Å². The average Bonchev–Trinajstić information content (AvgIpc) is 2.37. The minimum absolute atomic E-state index is 0.0142. The second kappa shape index (κ2) is 5.58. The summed E-state index contributed by atoms with van der Waals surface area (Å²) in [6.45, 7) is 1.34. The molecule has 6 nitrogen and oxygen atoms in total. The molecule has 2 rings (SSSR count). The molecule has 1 fully saturated rings. The first kappa shape index (κ1) is 16.3. The van der Waals surface area contributed by atoms with Crippen molar-refractivity contribution in [3.8, 4) is 0 Å². The summed E-state index contributed by atoms with van der Waals surface area (Å²) in [7, 11) is -6.96. The van der Waals surface area contributed by atoms with E-state index in [2.05, 4.69) is 0 Å². The maximum atomic E-state index is 12.0. The van der Waals surface area contributed by atoms with Crippen molar-refractivity contribution in [3.63, 3.8) is 0 Å². The highest BCUT2D eigenvalue weighted by atomic mass is 32.2. The molecule has 1 saturated heterocycles. The van der Waals surface area contributed by atoms with Crippen LogP contribution in [0.2, 0.25) is 0 Å². The summed E-state index contributed by atoms with van der Waals surface area (Å²) >= 11 is 0. The molecule has 1 aliphatic rings. The second-order valence-electron chi connectivity index (χ2n) is 5.50. The number of benzene rings is 1. The standard InChI is InChI=1S/C13H20N2O4S2/c1-20(16,17)11-3-4-12(13(9-11)21(2,18)19)15-7-5-10(14)6-8-15/h3-4,9-10H,5-8,14H2,1-2H3. The van der Waals surface area contributed by atoms with Crippen molar-refractivity contribution in [2.24, 2.45) is 5.73 Å². The Balaban J connectivity index is 2.51. The van der Waals surface area contributed by atoms with Crippen molar-refractivity contribution in [2.45, 2.75) is 28.7 Å². The summed E-state index contributed by atoms with van der Waals surface area (Å²) in [5.74, 6) is 0. The zero-order valence-corrected chi connectivity index (χ0v) is 13.7. The van der Waals surface area contributed by atoms with Crippen LogP contribution in [-0.4, -0.2) is 48.5 Å². The Labute approximate surface area is 125 Å². The molecule has 2 N–H and O–H groups in total. The summed E-state index contributed by atoms with van der Waals surface area (Å²) in [6.07, 6.45) is 3.73. The van der Waals surface area contributed by atoms with E-state index in [1.54, 1.807) is 6.07 Å². The first-order valence-corrected chi connectivity index (χ1v) is 10.4. The summed E-state index contributed by atoms with van der Waals surface area (Å²) in [5.41, 5.74) is 6.41. The van der Waals surface area contributed by atoms with Crippen LogP contribution in [0.3, 0.4) is 0 Å². The van der Waals surface area contributed by atoms with Gasteiger partial charge in [-0.25, -0.2) is 16.8 Å². The number of nitrogens with two attached hydrogens (primary N) is 1. The zero-order valence-electron chi connectivity index (χ0n) is 12.1. The third-order valence-electron chi connectivity index (χ3n) is 3.64. The van der Waals surface area contributed by atoms with Gasteiger partial charge in [0.2, 0.25) is 0 Å². The molecule has 0 atom stereocenters. The van der Waals surface area contributed by atoms with E-state index >= 15 is 0 Å². The fraction of sp³-hybridized carbons (Fsp3) is 0.538. The molecule has 1 aromatic carbocycles. The van der Waals surface area contributed by atoms with E-state index in [-0.39, 0.29) is 15.8 Å². The van der Waals surface area contributed by atoms with Crippen molar-refractivity contribution < 1.29 is 16.8 Å². The van der Waals surface area contributed by atoms with Crippen LogP contribution >= 0.6 is 0 Å². The largest absolute Gasteiger partial charge is 0.370 e. The SMILES string of the molecule is CS(=O)(=O)c1ccc(N2CCC(N)CC2)c(S(C)(=O)=O)c1. The molecule has 1 aromatic rings. The number of sulfone groups is 2. The molecule has 21 heavy (non-hydrogen) atoms. The molecule has 8 heteroatoms. The van der Waals surface area contributed by atoms with Gasteiger partial charge in [-0.3, -0.25) is 0 Å². The highest BCUT2D eigenvalue weighted by Gasteiger charge is 2.24. The van der Waals surface area contributed by atoms with Crippen molar-refractivity contribution in [1.82, 2.24) is 0 Å². The van der Waals surface area contributed by atoms with Crippen LogP contribution in [0.4, 0.5) is 5.69 Å². The van der Waals surface area contributed by atoms with Gasteiger partial charge in [0.05, 0.1) is 15.5 Å². The molecule has 0 amide bonds. The normalized spacial score (nSPS) is 18.0. The molecule has 0 aliphatic carbocycles. The number of hydrogen-bond donors (Lipinski definition) is 1. The van der Waals surface area contributed by atoms with E-state index in [4.69, 9.17) is 5.73 Å². The van der Waals surface area contributed by atoms with E-state index in [1.165, 1.54) is 12.1 Å². The molecule has 1 aliphatic heterocycles. The van der Waals surface area contributed by atoms with Crippen LogP contribution in [0.25, 0.3) is 0 Å². The summed E-state index contributed by atoms with van der Waals surface area (Å²) < 4.78 is 47.2. The molecule has 0 bridgehead atoms. The van der Waals surface area contributed by atoms with E-state index in [9.17, 15) is 16.8 Å². The van der Waals surface area contributed by atoms with E-state index in [1.807, 2.05) is 4.90 Å². The van der Waals surface area contributed by atoms with Crippen LogP contribution in [0.15, 0.2) is 28.0 Å². The minimum Gasteiger partial charge on any atom is -0.370 e. The fourth-order valence-electron chi connectivity index (χ4n) is 2.42. The fourth-order valence-corrected chi connectivity index (χ4v) is 4.06. The highest BCUT2D eigenvalue weighted by Crippen LogP contribution is 2.30. The van der Waals surface area contributed by atoms with Gasteiger partial charge < -0.3 is 10.6 Å². The number of nitrogens with zero attached hydrogens (tertiary/aromatic N) is 1. The lowest BCUT2D eigenvalue weighted by molar-refractivity contribution is 0.499. The van der Waals surface area contributed by atoms with Crippen LogP contribution in [0, 0.1) is 0 Å². The molecular weight excluding hydrogens is 312 g/mol. The number of rotatable bonds is 3. The van der Waals surface area contributed by atoms with Gasteiger partial charge in [0.15, 0.2) is 19.7 Å². The Bertz CT molecular complexity index is 733. The first-order chi connectivity index (χ1) is 9.59. The van der Waals surface area contributed by atoms with Crippen molar-refractivity contribution in [1.29, 1.82) is 0 Å². The molecule has 118 valence electrons. The Morgan fingerprint density at radius 2 is 1.62 bits per heavy atom. The maximum Gasteiger partial charge on any atom is 0.177 e. The quantitative estimate of drug-likeness (QED) is 0.861. The molecule has 0 radical (unpaired) electrons. The van der Waals surface area contributed by atoms with Gasteiger partial charge >= 0.3 is 0 Å². The third-order valence-corrected chi connectivity index (χ3v) is 5.88. The summed E-state index contributed by atoms with van der Waals surface area (Å²) in [6, 6.07) is 4.41. The molecule has 0 saturated carbocycles. The van der Waals surface area contributed by atoms with Crippen LogP contribution in [0.1, 0.15) is 12.8 Å². The lowest BCUT2D eigenvalue weighted by atomic mass is 10.1. The maximum absolute atomic E-state index is 12.0. The van der Waals surface area contributed by atoms with Gasteiger partial charge in [-0.15, -0.1) is 0 Å². The topological polar surface area (TPSA) is 97.5 Å². The van der Waals surface area contributed by atoms with Gasteiger partial charge in [-0.1, -0.05) is 0 Å². The van der Waals surface area contributed by atoms with Gasteiger partial charge in [0.25, 0.3) is 0 Å². The Morgan fingerprint density at radius 3 is 2.10 bits per heavy atom. The number of anilines is 1. The van der Waals surface area contributed by atoms with E-state index < -0.39 is 19.7 Å². The average molecular weight is 332 g/mol. The Hall–Kier alpha value is -1.12. The predicted octanol–water partition coefficient (Wildman–Crippen LogP) is 0.421. The first-order valence-electron chi connectivity index (χ1n) is 6.64. The molecular formula is C13H20N2O4S2. The Kier molecular flexibility index (Phi) is 4.32. The summed E-state index contributed by atoms with van der Waals surface area (Å²) in [5, 5.41) is 0. The predicted molar refractivity (Wildman–Crippen MR) is 82.1 cm³/mol. The Morgan fingerprint density at radius 1 is 1.05 bits per heavy atom. The molecule has 0 unspecified atom stereocenters. The lowest BCUT2D eigenvalue weighted by Gasteiger charge is -2.33. The minimum atomic E-state index is -3.52. The van der Waals surface area contributed by atoms with Crippen LogP contribution in [0.5, 0.6) is 0 Å². The van der Waals surface area contributed by atoms with Gasteiger partial charge in [0, 0.05) is 31.6 Å². The number of hydrogen-bond acceptors (Lipinski definition) is 6. The number of piperidine rings is 1. The lowest BCUT2D eigenvalue weighted by Crippen LogP contribution is -2.40. The highest BCUT2D eigenvalue weighted by molar-refractivity contribution is 7.91. The van der Waals surface area contributed by atoms with E-state index in [0.29, 0.717) is 18.8 Å². The third kappa shape index (κ3) is 3.75. The van der Waals surface area contributed by atoms with Crippen LogP contribution < -0.4 is 10.6 Å². The van der Waals surface area contributed by atoms with Gasteiger partial charge in [-0.2, -0.15) is 0 Å².